The minimum absolute atomic E-state index is 0.0706. The second-order valence-corrected chi connectivity index (χ2v) is 6.00. The molecule has 0 unspecified atom stereocenters. The molecule has 7 heteroatoms. The molecular weight excluding hydrogens is 298 g/mol. The number of rotatable bonds is 3. The fourth-order valence-corrected chi connectivity index (χ4v) is 3.99. The molecule has 4 heterocycles. The third kappa shape index (κ3) is 1.96. The van der Waals surface area contributed by atoms with E-state index in [4.69, 9.17) is 9.47 Å². The quantitative estimate of drug-likeness (QED) is 0.819. The lowest BCUT2D eigenvalue weighted by Gasteiger charge is -2.31. The average Bonchev–Trinajstić information content (AvgIpc) is 3.19. The third-order valence-electron chi connectivity index (χ3n) is 4.94. The van der Waals surface area contributed by atoms with E-state index < -0.39 is 5.72 Å². The van der Waals surface area contributed by atoms with Crippen molar-refractivity contribution in [1.29, 1.82) is 0 Å². The van der Waals surface area contributed by atoms with E-state index in [1.54, 1.807) is 28.1 Å². The van der Waals surface area contributed by atoms with Crippen molar-refractivity contribution < 1.29 is 19.1 Å². The predicted octanol–water partition coefficient (Wildman–Crippen LogP) is 0.654. The summed E-state index contributed by atoms with van der Waals surface area (Å²) in [5.74, 6) is 0.268. The van der Waals surface area contributed by atoms with Gasteiger partial charge in [0.2, 0.25) is 11.8 Å². The Hall–Kier alpha value is -2.15. The summed E-state index contributed by atoms with van der Waals surface area (Å²) in [4.78, 5) is 32.9. The molecule has 2 atom stereocenters. The van der Waals surface area contributed by atoms with Crippen molar-refractivity contribution in [3.63, 3.8) is 0 Å². The highest BCUT2D eigenvalue weighted by Gasteiger charge is 2.63. The number of pyridine rings is 1. The predicted molar refractivity (Wildman–Crippen MR) is 79.9 cm³/mol. The number of nitrogens with zero attached hydrogens (tertiary/aromatic N) is 3. The van der Waals surface area contributed by atoms with E-state index in [1.807, 2.05) is 6.92 Å². The van der Waals surface area contributed by atoms with Crippen molar-refractivity contribution in [3.8, 4) is 5.88 Å². The van der Waals surface area contributed by atoms with Gasteiger partial charge in [0.25, 0.3) is 5.91 Å². The number of hydrogen-bond acceptors (Lipinski definition) is 5. The second-order valence-electron chi connectivity index (χ2n) is 6.00. The fraction of sp³-hybridized carbons (Fsp3) is 0.562. The van der Waals surface area contributed by atoms with Crippen LogP contribution < -0.4 is 4.74 Å². The minimum Gasteiger partial charge on any atom is -0.477 e. The van der Waals surface area contributed by atoms with E-state index in [9.17, 15) is 9.59 Å². The first kappa shape index (κ1) is 14.4. The maximum absolute atomic E-state index is 13.0. The molecule has 0 saturated carbocycles. The van der Waals surface area contributed by atoms with Gasteiger partial charge in [-0.15, -0.1) is 0 Å². The van der Waals surface area contributed by atoms with E-state index in [0.717, 1.165) is 0 Å². The molecule has 122 valence electrons. The van der Waals surface area contributed by atoms with Gasteiger partial charge < -0.3 is 19.3 Å². The topological polar surface area (TPSA) is 72.0 Å². The lowest BCUT2D eigenvalue weighted by atomic mass is 10.1. The number of aromatic nitrogens is 1. The van der Waals surface area contributed by atoms with Crippen molar-refractivity contribution in [2.45, 2.75) is 31.5 Å². The normalized spacial score (nSPS) is 28.9. The maximum Gasteiger partial charge on any atom is 0.259 e. The lowest BCUT2D eigenvalue weighted by Crippen LogP contribution is -2.48. The van der Waals surface area contributed by atoms with E-state index in [2.05, 4.69) is 4.98 Å². The molecule has 0 radical (unpaired) electrons. The molecule has 0 N–H and O–H groups in total. The second kappa shape index (κ2) is 5.19. The largest absolute Gasteiger partial charge is 0.477 e. The van der Waals surface area contributed by atoms with Crippen LogP contribution in [0, 0.1) is 0 Å². The first-order valence-electron chi connectivity index (χ1n) is 8.00. The van der Waals surface area contributed by atoms with Gasteiger partial charge in [0.05, 0.1) is 25.7 Å². The summed E-state index contributed by atoms with van der Waals surface area (Å²) in [6.45, 7) is 4.04. The van der Waals surface area contributed by atoms with Gasteiger partial charge in [-0.05, 0) is 19.1 Å². The zero-order valence-electron chi connectivity index (χ0n) is 13.0. The zero-order chi connectivity index (χ0) is 16.0. The summed E-state index contributed by atoms with van der Waals surface area (Å²) >= 11 is 0. The van der Waals surface area contributed by atoms with Crippen molar-refractivity contribution in [3.05, 3.63) is 23.9 Å². The van der Waals surface area contributed by atoms with E-state index in [-0.39, 0.29) is 17.9 Å². The highest BCUT2D eigenvalue weighted by atomic mass is 16.5. The number of ether oxygens (including phenoxy) is 2. The Labute approximate surface area is 134 Å². The van der Waals surface area contributed by atoms with Crippen LogP contribution in [0.5, 0.6) is 5.88 Å². The van der Waals surface area contributed by atoms with Gasteiger partial charge in [-0.25, -0.2) is 4.98 Å². The number of amides is 2. The van der Waals surface area contributed by atoms with Gasteiger partial charge in [0.1, 0.15) is 5.56 Å². The van der Waals surface area contributed by atoms with Crippen molar-refractivity contribution in [2.75, 3.05) is 26.3 Å². The molecule has 1 aromatic heterocycles. The monoisotopic (exact) mass is 317 g/mol. The summed E-state index contributed by atoms with van der Waals surface area (Å²) in [6.07, 6.45) is 2.60. The summed E-state index contributed by atoms with van der Waals surface area (Å²) in [6, 6.07) is 3.22. The summed E-state index contributed by atoms with van der Waals surface area (Å²) in [7, 11) is 0. The molecule has 0 aromatic carbocycles. The SMILES string of the molecule is CCOc1ncccc1C(=O)N1CC[C@@]23OCCN2C(=O)C[C@@H]13. The molecule has 3 aliphatic heterocycles. The summed E-state index contributed by atoms with van der Waals surface area (Å²) < 4.78 is 11.4. The molecule has 7 nitrogen and oxygen atoms in total. The molecule has 3 aliphatic rings. The molecule has 0 bridgehead atoms. The van der Waals surface area contributed by atoms with Gasteiger partial charge in [-0.3, -0.25) is 9.59 Å². The Kier molecular flexibility index (Phi) is 3.26. The van der Waals surface area contributed by atoms with Gasteiger partial charge in [0.15, 0.2) is 5.72 Å². The third-order valence-corrected chi connectivity index (χ3v) is 4.94. The van der Waals surface area contributed by atoms with Crippen molar-refractivity contribution in [1.82, 2.24) is 14.8 Å². The molecule has 23 heavy (non-hydrogen) atoms. The van der Waals surface area contributed by atoms with Gasteiger partial charge in [-0.1, -0.05) is 0 Å². The van der Waals surface area contributed by atoms with Crippen LogP contribution in [0.4, 0.5) is 0 Å². The average molecular weight is 317 g/mol. The molecule has 3 fully saturated rings. The molecule has 0 aliphatic carbocycles. The zero-order valence-corrected chi connectivity index (χ0v) is 13.0. The smallest absolute Gasteiger partial charge is 0.259 e. The number of carbonyl (C=O) groups excluding carboxylic acids is 2. The first-order valence-corrected chi connectivity index (χ1v) is 8.00. The lowest BCUT2D eigenvalue weighted by molar-refractivity contribution is -0.136. The Bertz CT molecular complexity index is 664. The molecule has 1 spiro atoms. The fourth-order valence-electron chi connectivity index (χ4n) is 3.99. The molecule has 3 saturated heterocycles. The Balaban J connectivity index is 1.65. The molecule has 4 rings (SSSR count). The Morgan fingerprint density at radius 1 is 1.52 bits per heavy atom. The van der Waals surface area contributed by atoms with Crippen LogP contribution in [-0.2, 0) is 9.53 Å². The minimum atomic E-state index is -0.610. The van der Waals surface area contributed by atoms with Crippen LogP contribution in [0.25, 0.3) is 0 Å². The number of hydrogen-bond donors (Lipinski definition) is 0. The number of likely N-dealkylation sites (tertiary alicyclic amines) is 1. The molecule has 1 aromatic rings. The first-order chi connectivity index (χ1) is 11.2. The van der Waals surface area contributed by atoms with Crippen LogP contribution in [-0.4, -0.2) is 64.7 Å². The molecular formula is C16H19N3O4. The standard InChI is InChI=1S/C16H19N3O4/c1-2-22-14-11(4-3-6-17-14)15(21)18-7-5-16-12(18)10-13(20)19(16)8-9-23-16/h3-4,6,12H,2,5,7-10H2,1H3/t12-,16+/m1/s1. The van der Waals surface area contributed by atoms with Crippen LogP contribution in [0.15, 0.2) is 18.3 Å². The van der Waals surface area contributed by atoms with E-state index in [1.165, 1.54) is 0 Å². The highest BCUT2D eigenvalue weighted by Crippen LogP contribution is 2.46. The summed E-state index contributed by atoms with van der Waals surface area (Å²) in [5, 5.41) is 0. The molecule has 2 amide bonds. The Morgan fingerprint density at radius 2 is 2.39 bits per heavy atom. The summed E-state index contributed by atoms with van der Waals surface area (Å²) in [5.41, 5.74) is -0.170. The van der Waals surface area contributed by atoms with Crippen LogP contribution >= 0.6 is 0 Å². The van der Waals surface area contributed by atoms with Crippen molar-refractivity contribution >= 4 is 11.8 Å². The van der Waals surface area contributed by atoms with Gasteiger partial charge in [0, 0.05) is 25.7 Å². The maximum atomic E-state index is 13.0. The van der Waals surface area contributed by atoms with Gasteiger partial charge in [-0.2, -0.15) is 0 Å². The number of carbonyl (C=O) groups is 2. The highest BCUT2D eigenvalue weighted by molar-refractivity contribution is 5.97. The van der Waals surface area contributed by atoms with Crippen LogP contribution in [0.2, 0.25) is 0 Å². The van der Waals surface area contributed by atoms with Crippen LogP contribution in [0.3, 0.4) is 0 Å². The Morgan fingerprint density at radius 3 is 3.22 bits per heavy atom. The van der Waals surface area contributed by atoms with Crippen molar-refractivity contribution in [2.24, 2.45) is 0 Å². The van der Waals surface area contributed by atoms with Gasteiger partial charge >= 0.3 is 0 Å². The van der Waals surface area contributed by atoms with Crippen LogP contribution in [0.1, 0.15) is 30.1 Å². The van der Waals surface area contributed by atoms with E-state index in [0.29, 0.717) is 50.6 Å². The van der Waals surface area contributed by atoms with E-state index >= 15 is 0 Å².